The minimum atomic E-state index is -2.39. The van der Waals surface area contributed by atoms with E-state index < -0.39 is 303 Å². The van der Waals surface area contributed by atoms with Gasteiger partial charge in [0.15, 0.2) is 50.3 Å². The van der Waals surface area contributed by atoms with Gasteiger partial charge in [-0.15, -0.1) is 0 Å². The molecule has 8 rings (SSSR count). The third-order valence-corrected chi connectivity index (χ3v) is 17.7. The molecule has 8 saturated heterocycles. The fourth-order valence-electron chi connectivity index (χ4n) is 12.4. The molecule has 96 heavy (non-hydrogen) atoms. The molecule has 0 bridgehead atoms. The summed E-state index contributed by atoms with van der Waals surface area (Å²) in [5.41, 5.74) is 0. The van der Waals surface area contributed by atoms with Gasteiger partial charge in [0.2, 0.25) is 17.7 Å². The summed E-state index contributed by atoms with van der Waals surface area (Å²) in [5, 5.41) is 238. The van der Waals surface area contributed by atoms with Crippen molar-refractivity contribution in [3.8, 4) is 0 Å². The highest BCUT2D eigenvalue weighted by atomic mass is 16.8. The van der Waals surface area contributed by atoms with Gasteiger partial charge in [0, 0.05) is 20.8 Å². The van der Waals surface area contributed by atoms with Gasteiger partial charge in [0.25, 0.3) is 0 Å². The molecule has 42 nitrogen and oxygen atoms in total. The Kier molecular flexibility index (Phi) is 27.7. The van der Waals surface area contributed by atoms with E-state index in [1.54, 1.807) is 0 Å². The summed E-state index contributed by atoms with van der Waals surface area (Å²) in [4.78, 5) is 38.1. The van der Waals surface area contributed by atoms with Crippen LogP contribution in [0.4, 0.5) is 0 Å². The number of carbonyl (C=O) groups is 3. The zero-order valence-electron chi connectivity index (χ0n) is 52.1. The van der Waals surface area contributed by atoms with Crippen LogP contribution >= 0.6 is 0 Å². The highest BCUT2D eigenvalue weighted by molar-refractivity contribution is 5.74. The van der Waals surface area contributed by atoms with Crippen molar-refractivity contribution < 1.29 is 193 Å². The average molecular weight is 1410 g/mol. The fourth-order valence-corrected chi connectivity index (χ4v) is 12.4. The molecule has 40 atom stereocenters. The van der Waals surface area contributed by atoms with Gasteiger partial charge in [0.05, 0.1) is 51.8 Å². The number of aliphatic hydroxyl groups is 21. The summed E-state index contributed by atoms with van der Waals surface area (Å²) in [6.45, 7) is -0.430. The second-order valence-corrected chi connectivity index (χ2v) is 24.6. The Bertz CT molecular complexity index is 2470. The highest BCUT2D eigenvalue weighted by Crippen LogP contribution is 2.38. The zero-order valence-corrected chi connectivity index (χ0v) is 52.1. The minimum Gasteiger partial charge on any atom is -0.394 e. The number of nitrogens with one attached hydrogen (secondary N) is 3. The van der Waals surface area contributed by atoms with Gasteiger partial charge < -0.3 is 194 Å². The van der Waals surface area contributed by atoms with Gasteiger partial charge in [-0.2, -0.15) is 0 Å². The monoisotopic (exact) mass is 1410 g/mol. The highest BCUT2D eigenvalue weighted by Gasteiger charge is 2.59. The van der Waals surface area contributed by atoms with Gasteiger partial charge >= 0.3 is 0 Å². The molecular weight excluding hydrogens is 1310 g/mol. The average Bonchev–Trinajstić information content (AvgIpc) is 0.777. The summed E-state index contributed by atoms with van der Waals surface area (Å²) in [5.74, 6) is -2.57. The second kappa shape index (κ2) is 33.8. The van der Waals surface area contributed by atoms with Gasteiger partial charge in [0.1, 0.15) is 183 Å². The molecule has 8 aliphatic rings. The molecule has 0 unspecified atom stereocenters. The van der Waals surface area contributed by atoms with Crippen molar-refractivity contribution in [3.05, 3.63) is 0 Å². The van der Waals surface area contributed by atoms with Crippen LogP contribution in [-0.4, -0.2) is 410 Å². The summed E-state index contributed by atoms with van der Waals surface area (Å²) in [6, 6.07) is -5.34. The maximum absolute atomic E-state index is 13.0. The summed E-state index contributed by atoms with van der Waals surface area (Å²) in [7, 11) is 0. The van der Waals surface area contributed by atoms with Crippen LogP contribution in [0.1, 0.15) is 34.6 Å². The molecule has 0 aromatic carbocycles. The standard InChI is InChI=1S/C54H91N3O39/c1-12-26(65)34(73)38(77)50(84-12)82-11-22-43(32(71)23(47(81)86-22)55-14(3)62)92-48-24(56-15(4)63)33(72)42(20(9-61)90-48)93-53-41(80)45(95-52-40(79)36(75)28(67)17(6-58)88-52)31(70)21(91-53)10-83-54-46(37(76)29(68)18(7-59)89-54)96-49-25(57-16(5)64)44(30(69)19(8-60)87-49)94-51-39(78)35(74)27(66)13(2)85-51/h12-13,17-54,58-61,65-81H,6-11H2,1-5H3,(H,55,62)(H,56,63)(H,57,64)/t12-,13-,17+,18+,19+,20+,21+,22+,23+,24+,25+,26+,27+,28+,29+,30+,31+,32+,33+,34+,35+,36-,37-,38-,39-,40-,41-,42+,43+,44+,45-,46-,47+,48-,49-,50+,51-,52+,53-,54-/m0/s1. The van der Waals surface area contributed by atoms with Crippen molar-refractivity contribution in [2.75, 3.05) is 39.6 Å². The van der Waals surface area contributed by atoms with Crippen LogP contribution in [-0.2, 0) is 85.4 Å². The lowest BCUT2D eigenvalue weighted by Crippen LogP contribution is -2.70. The van der Waals surface area contributed by atoms with E-state index in [-0.39, 0.29) is 0 Å². The third kappa shape index (κ3) is 17.2. The van der Waals surface area contributed by atoms with Crippen LogP contribution in [0.5, 0.6) is 0 Å². The number of hydrogen-bond acceptors (Lipinski definition) is 39. The van der Waals surface area contributed by atoms with Crippen molar-refractivity contribution in [1.82, 2.24) is 16.0 Å². The lowest BCUT2D eigenvalue weighted by Gasteiger charge is -2.50. The number of carbonyl (C=O) groups excluding carboxylic acids is 3. The number of aliphatic hydroxyl groups excluding tert-OH is 21. The first kappa shape index (κ1) is 78.7. The van der Waals surface area contributed by atoms with Crippen LogP contribution in [0.15, 0.2) is 0 Å². The van der Waals surface area contributed by atoms with Gasteiger partial charge in [-0.3, -0.25) is 14.4 Å². The first-order valence-electron chi connectivity index (χ1n) is 30.8. The molecule has 0 saturated carbocycles. The van der Waals surface area contributed by atoms with E-state index in [4.69, 9.17) is 71.1 Å². The Morgan fingerprint density at radius 2 is 0.646 bits per heavy atom. The number of hydrogen-bond donors (Lipinski definition) is 24. The molecule has 8 heterocycles. The molecule has 0 aromatic rings. The molecule has 3 amide bonds. The van der Waals surface area contributed by atoms with E-state index in [1.165, 1.54) is 13.8 Å². The molecule has 0 spiro atoms. The van der Waals surface area contributed by atoms with E-state index >= 15 is 0 Å². The predicted molar refractivity (Wildman–Crippen MR) is 296 cm³/mol. The van der Waals surface area contributed by atoms with Crippen LogP contribution in [0.3, 0.4) is 0 Å². The Morgan fingerprint density at radius 3 is 1.22 bits per heavy atom. The number of ether oxygens (including phenoxy) is 15. The molecule has 0 aromatic heterocycles. The van der Waals surface area contributed by atoms with E-state index in [1.807, 2.05) is 0 Å². The van der Waals surface area contributed by atoms with Gasteiger partial charge in [-0.05, 0) is 13.8 Å². The van der Waals surface area contributed by atoms with E-state index in [0.29, 0.717) is 0 Å². The van der Waals surface area contributed by atoms with Crippen molar-refractivity contribution in [3.63, 3.8) is 0 Å². The van der Waals surface area contributed by atoms with Crippen LogP contribution in [0.25, 0.3) is 0 Å². The van der Waals surface area contributed by atoms with E-state index in [0.717, 1.165) is 20.8 Å². The van der Waals surface area contributed by atoms with Crippen molar-refractivity contribution in [1.29, 1.82) is 0 Å². The lowest BCUT2D eigenvalue weighted by molar-refractivity contribution is -0.389. The Labute approximate surface area is 545 Å². The summed E-state index contributed by atoms with van der Waals surface area (Å²) >= 11 is 0. The topological polar surface area (TPSA) is 651 Å². The van der Waals surface area contributed by atoms with E-state index in [2.05, 4.69) is 16.0 Å². The Morgan fingerprint density at radius 1 is 0.292 bits per heavy atom. The number of rotatable bonds is 23. The first-order valence-corrected chi connectivity index (χ1v) is 30.8. The SMILES string of the molecule is CC(=O)N[C@@H]1[C@@H](O)[C@H](O[C@@H]2O[C@H](CO)[C@@H](O[C@@H]3O[C@H](CO[C@H]4O[C@H](CO)[C@@H](O)[C@H](O)[C@@H]4O[C@@H]4O[C@H](CO)[C@@H](O)[C@H](O[C@@H]5O[C@@H](C)[C@@H](O)[C@@H](O)[C@@H]5O)[C@H]4NC(C)=O)[C@@H](O)[C@H](O[C@H]4O[C@H](CO)[C@@H](O)[C@H](O)[C@@H]4O)[C@@H]3O)[C@H](O)[C@H]2NC(C)=O)[C@@H](CO[C@@H]2O[C@@H](C)[C@@H](O)[C@@H](O)[C@@H]2O)O[C@H]1O. The maximum atomic E-state index is 13.0. The molecule has 24 N–H and O–H groups in total. The van der Waals surface area contributed by atoms with Crippen LogP contribution in [0.2, 0.25) is 0 Å². The smallest absolute Gasteiger partial charge is 0.217 e. The minimum absolute atomic E-state index is 0.786. The summed E-state index contributed by atoms with van der Waals surface area (Å²) < 4.78 is 88.0. The van der Waals surface area contributed by atoms with Gasteiger partial charge in [-0.1, -0.05) is 0 Å². The molecule has 0 aliphatic carbocycles. The predicted octanol–water partition coefficient (Wildman–Crippen LogP) is -16.0. The molecular formula is C54H91N3O39. The summed E-state index contributed by atoms with van der Waals surface area (Å²) in [6.07, 6.45) is -71.2. The van der Waals surface area contributed by atoms with Crippen LogP contribution in [0, 0.1) is 0 Å². The van der Waals surface area contributed by atoms with Crippen molar-refractivity contribution >= 4 is 17.7 Å². The number of amides is 3. The van der Waals surface area contributed by atoms with Crippen molar-refractivity contribution in [2.24, 2.45) is 0 Å². The first-order chi connectivity index (χ1) is 45.3. The quantitative estimate of drug-likeness (QED) is 0.0452. The molecule has 8 aliphatic heterocycles. The maximum Gasteiger partial charge on any atom is 0.217 e. The normalized spacial score (nSPS) is 50.3. The second-order valence-electron chi connectivity index (χ2n) is 24.6. The van der Waals surface area contributed by atoms with Crippen LogP contribution < -0.4 is 16.0 Å². The fraction of sp³-hybridized carbons (Fsp3) is 0.944. The molecule has 8 fully saturated rings. The Balaban J connectivity index is 1.08. The molecule has 42 heteroatoms. The lowest BCUT2D eigenvalue weighted by atomic mass is 9.93. The third-order valence-electron chi connectivity index (χ3n) is 17.7. The van der Waals surface area contributed by atoms with Crippen molar-refractivity contribution in [2.45, 2.75) is 280 Å². The van der Waals surface area contributed by atoms with Gasteiger partial charge in [-0.25, -0.2) is 0 Å². The zero-order chi connectivity index (χ0) is 70.8. The van der Waals surface area contributed by atoms with E-state index in [9.17, 15) is 122 Å². The molecule has 556 valence electrons. The largest absolute Gasteiger partial charge is 0.394 e. The Hall–Kier alpha value is -3.03. The molecule has 0 radical (unpaired) electrons.